The number of likely N-dealkylation sites (tertiary alicyclic amines) is 2. The maximum atomic E-state index is 12.1. The summed E-state index contributed by atoms with van der Waals surface area (Å²) in [4.78, 5) is 27.9. The summed E-state index contributed by atoms with van der Waals surface area (Å²) < 4.78 is 5.41. The Morgan fingerprint density at radius 1 is 1.35 bits per heavy atom. The number of amides is 2. The third-order valence-electron chi connectivity index (χ3n) is 3.60. The summed E-state index contributed by atoms with van der Waals surface area (Å²) in [6, 6.07) is 0.131. The Balaban J connectivity index is 1.95. The molecule has 0 N–H and O–H groups in total. The second kappa shape index (κ2) is 5.92. The summed E-state index contributed by atoms with van der Waals surface area (Å²) in [5.41, 5.74) is -0.478. The molecule has 2 atom stereocenters. The van der Waals surface area contributed by atoms with Crippen LogP contribution in [0.3, 0.4) is 0 Å². The summed E-state index contributed by atoms with van der Waals surface area (Å²) in [6.45, 7) is 7.64. The minimum atomic E-state index is -0.478. The van der Waals surface area contributed by atoms with Crippen LogP contribution in [0.5, 0.6) is 0 Å². The molecule has 0 aromatic rings. The first-order chi connectivity index (χ1) is 9.26. The van der Waals surface area contributed by atoms with E-state index in [4.69, 9.17) is 4.74 Å². The van der Waals surface area contributed by atoms with Crippen molar-refractivity contribution in [3.05, 3.63) is 0 Å². The lowest BCUT2D eigenvalue weighted by Crippen LogP contribution is -2.51. The molecule has 5 nitrogen and oxygen atoms in total. The second-order valence-corrected chi connectivity index (χ2v) is 7.86. The van der Waals surface area contributed by atoms with Crippen molar-refractivity contribution in [3.63, 3.8) is 0 Å². The highest BCUT2D eigenvalue weighted by Crippen LogP contribution is 2.25. The molecule has 114 valence electrons. The van der Waals surface area contributed by atoms with Gasteiger partial charge in [-0.1, -0.05) is 15.9 Å². The Labute approximate surface area is 128 Å². The number of carbonyl (C=O) groups is 2. The van der Waals surface area contributed by atoms with Crippen molar-refractivity contribution in [2.75, 3.05) is 19.6 Å². The Kier molecular flexibility index (Phi) is 4.62. The predicted octanol–water partition coefficient (Wildman–Crippen LogP) is 2.38. The standard InChI is InChI=1S/C14H23BrN2O3/c1-14(2,3)20-13(19)16-6-4-5-11(9-16)17-8-10(15)7-12(17)18/h10-11H,4-9H2,1-3H3/t10?,11-/m1/s1. The molecule has 6 heteroatoms. The largest absolute Gasteiger partial charge is 0.444 e. The fourth-order valence-corrected chi connectivity index (χ4v) is 3.33. The molecule has 0 spiro atoms. The monoisotopic (exact) mass is 346 g/mol. The van der Waals surface area contributed by atoms with E-state index in [0.717, 1.165) is 19.4 Å². The van der Waals surface area contributed by atoms with Crippen molar-refractivity contribution in [2.45, 2.75) is 56.5 Å². The Bertz CT molecular complexity index is 394. The van der Waals surface area contributed by atoms with Crippen LogP contribution in [0.2, 0.25) is 0 Å². The summed E-state index contributed by atoms with van der Waals surface area (Å²) in [7, 11) is 0. The SMILES string of the molecule is CC(C)(C)OC(=O)N1CCC[C@@H](N2CC(Br)CC2=O)C1. The Morgan fingerprint density at radius 2 is 2.05 bits per heavy atom. The highest BCUT2D eigenvalue weighted by molar-refractivity contribution is 9.09. The van der Waals surface area contributed by atoms with Crippen LogP contribution in [0, 0.1) is 0 Å². The predicted molar refractivity (Wildman–Crippen MR) is 79.9 cm³/mol. The fraction of sp³-hybridized carbons (Fsp3) is 0.857. The van der Waals surface area contributed by atoms with Gasteiger partial charge in [0, 0.05) is 36.9 Å². The first-order valence-corrected chi connectivity index (χ1v) is 8.09. The average Bonchev–Trinajstić information content (AvgIpc) is 2.66. The van der Waals surface area contributed by atoms with Gasteiger partial charge in [0.1, 0.15) is 5.60 Å². The summed E-state index contributed by atoms with van der Waals surface area (Å²) in [6.07, 6.45) is 2.16. The lowest BCUT2D eigenvalue weighted by atomic mass is 10.0. The molecule has 2 aliphatic rings. The lowest BCUT2D eigenvalue weighted by Gasteiger charge is -2.38. The first-order valence-electron chi connectivity index (χ1n) is 7.18. The summed E-state index contributed by atoms with van der Waals surface area (Å²) in [5.74, 6) is 0.183. The van der Waals surface area contributed by atoms with Crippen LogP contribution in [-0.2, 0) is 9.53 Å². The van der Waals surface area contributed by atoms with Gasteiger partial charge in [-0.3, -0.25) is 4.79 Å². The number of rotatable bonds is 1. The maximum Gasteiger partial charge on any atom is 0.410 e. The summed E-state index contributed by atoms with van der Waals surface area (Å²) >= 11 is 3.50. The van der Waals surface area contributed by atoms with Gasteiger partial charge >= 0.3 is 6.09 Å². The van der Waals surface area contributed by atoms with Gasteiger partial charge in [0.25, 0.3) is 0 Å². The Morgan fingerprint density at radius 3 is 2.60 bits per heavy atom. The van der Waals surface area contributed by atoms with Crippen LogP contribution in [-0.4, -0.2) is 57.9 Å². The zero-order chi connectivity index (χ0) is 14.9. The van der Waals surface area contributed by atoms with Crippen LogP contribution in [0.25, 0.3) is 0 Å². The Hall–Kier alpha value is -0.780. The van der Waals surface area contributed by atoms with E-state index in [1.807, 2.05) is 25.7 Å². The van der Waals surface area contributed by atoms with Crippen molar-refractivity contribution >= 4 is 27.9 Å². The van der Waals surface area contributed by atoms with Crippen molar-refractivity contribution in [1.29, 1.82) is 0 Å². The molecule has 20 heavy (non-hydrogen) atoms. The van der Waals surface area contributed by atoms with Gasteiger partial charge in [-0.2, -0.15) is 0 Å². The van der Waals surface area contributed by atoms with Gasteiger partial charge in [-0.05, 0) is 33.6 Å². The molecule has 2 fully saturated rings. The van der Waals surface area contributed by atoms with Crippen molar-refractivity contribution in [1.82, 2.24) is 9.80 Å². The number of hydrogen-bond acceptors (Lipinski definition) is 3. The molecule has 1 unspecified atom stereocenters. The average molecular weight is 347 g/mol. The smallest absolute Gasteiger partial charge is 0.410 e. The van der Waals surface area contributed by atoms with Gasteiger partial charge in [-0.25, -0.2) is 4.79 Å². The number of piperidine rings is 1. The van der Waals surface area contributed by atoms with Gasteiger partial charge in [0.2, 0.25) is 5.91 Å². The molecule has 0 bridgehead atoms. The van der Waals surface area contributed by atoms with Gasteiger partial charge in [-0.15, -0.1) is 0 Å². The van der Waals surface area contributed by atoms with Gasteiger partial charge in [0.15, 0.2) is 0 Å². The third-order valence-corrected chi connectivity index (χ3v) is 4.21. The number of nitrogens with zero attached hydrogens (tertiary/aromatic N) is 2. The topological polar surface area (TPSA) is 49.9 Å². The lowest BCUT2D eigenvalue weighted by molar-refractivity contribution is -0.130. The van der Waals surface area contributed by atoms with Crippen LogP contribution in [0.15, 0.2) is 0 Å². The van der Waals surface area contributed by atoms with Gasteiger partial charge < -0.3 is 14.5 Å². The van der Waals surface area contributed by atoms with E-state index in [1.165, 1.54) is 0 Å². The molecule has 2 aliphatic heterocycles. The maximum absolute atomic E-state index is 12.1. The molecule has 0 aromatic carbocycles. The summed E-state index contributed by atoms with van der Waals surface area (Å²) in [5, 5.41) is 0. The molecule has 0 aliphatic carbocycles. The van der Waals surface area contributed by atoms with Crippen LogP contribution in [0.4, 0.5) is 4.79 Å². The van der Waals surface area contributed by atoms with Crippen LogP contribution in [0.1, 0.15) is 40.0 Å². The zero-order valence-corrected chi connectivity index (χ0v) is 14.0. The number of ether oxygens (including phenoxy) is 1. The van der Waals surface area contributed by atoms with Gasteiger partial charge in [0.05, 0.1) is 0 Å². The molecule has 0 aromatic heterocycles. The quantitative estimate of drug-likeness (QED) is 0.685. The molecule has 2 heterocycles. The van der Waals surface area contributed by atoms with E-state index in [0.29, 0.717) is 19.5 Å². The zero-order valence-electron chi connectivity index (χ0n) is 12.4. The number of carbonyl (C=O) groups excluding carboxylic acids is 2. The van der Waals surface area contributed by atoms with Crippen LogP contribution >= 0.6 is 15.9 Å². The van der Waals surface area contributed by atoms with E-state index in [2.05, 4.69) is 15.9 Å². The molecule has 2 rings (SSSR count). The van der Waals surface area contributed by atoms with E-state index < -0.39 is 5.60 Å². The van der Waals surface area contributed by atoms with E-state index in [-0.39, 0.29) is 22.9 Å². The van der Waals surface area contributed by atoms with Crippen molar-refractivity contribution < 1.29 is 14.3 Å². The number of hydrogen-bond donors (Lipinski definition) is 0. The van der Waals surface area contributed by atoms with Crippen molar-refractivity contribution in [3.8, 4) is 0 Å². The molecular weight excluding hydrogens is 324 g/mol. The van der Waals surface area contributed by atoms with Crippen molar-refractivity contribution in [2.24, 2.45) is 0 Å². The molecular formula is C14H23BrN2O3. The second-order valence-electron chi connectivity index (χ2n) is 6.57. The number of alkyl halides is 1. The highest BCUT2D eigenvalue weighted by Gasteiger charge is 2.36. The molecule has 2 amide bonds. The minimum absolute atomic E-state index is 0.131. The number of halogens is 1. The highest BCUT2D eigenvalue weighted by atomic mass is 79.9. The normalized spacial score (nSPS) is 27.9. The first kappa shape index (κ1) is 15.6. The van der Waals surface area contributed by atoms with E-state index in [1.54, 1.807) is 4.90 Å². The molecule has 0 radical (unpaired) electrons. The molecule has 0 saturated carbocycles. The fourth-order valence-electron chi connectivity index (χ4n) is 2.74. The molecule has 2 saturated heterocycles. The minimum Gasteiger partial charge on any atom is -0.444 e. The van der Waals surface area contributed by atoms with Crippen LogP contribution < -0.4 is 0 Å². The van der Waals surface area contributed by atoms with E-state index in [9.17, 15) is 9.59 Å². The van der Waals surface area contributed by atoms with E-state index >= 15 is 0 Å². The third kappa shape index (κ3) is 3.87.